The zero-order valence-electron chi connectivity index (χ0n) is 12.7. The molecule has 2 unspecified atom stereocenters. The highest BCUT2D eigenvalue weighted by molar-refractivity contribution is 7.92. The minimum absolute atomic E-state index is 0.000145. The summed E-state index contributed by atoms with van der Waals surface area (Å²) >= 11 is 0. The summed E-state index contributed by atoms with van der Waals surface area (Å²) in [5, 5.41) is 2.48. The minimum atomic E-state index is -3.40. The summed E-state index contributed by atoms with van der Waals surface area (Å²) in [5.41, 5.74) is 2.45. The highest BCUT2D eigenvalue weighted by atomic mass is 32.2. The fourth-order valence-electron chi connectivity index (χ4n) is 3.44. The molecule has 22 heavy (non-hydrogen) atoms. The Hall–Kier alpha value is -1.65. The largest absolute Gasteiger partial charge is 0.303 e. The quantitative estimate of drug-likeness (QED) is 0.943. The maximum absolute atomic E-state index is 13.0. The average molecular weight is 315 g/mol. The van der Waals surface area contributed by atoms with Gasteiger partial charge in [-0.05, 0) is 49.6 Å². The van der Waals surface area contributed by atoms with Crippen LogP contribution in [-0.4, -0.2) is 20.8 Å². The first-order chi connectivity index (χ1) is 10.6. The van der Waals surface area contributed by atoms with Crippen molar-refractivity contribution in [3.8, 4) is 0 Å². The number of likely N-dealkylation sites (N-methyl/N-ethyl adjacent to an activating group) is 1. The van der Waals surface area contributed by atoms with Gasteiger partial charge in [0.2, 0.25) is 0 Å². The van der Waals surface area contributed by atoms with Crippen LogP contribution in [0.2, 0.25) is 0 Å². The molecule has 0 aliphatic heterocycles. The maximum atomic E-state index is 13.0. The van der Waals surface area contributed by atoms with Gasteiger partial charge >= 0.3 is 0 Å². The number of rotatable bonds is 4. The molecule has 0 bridgehead atoms. The van der Waals surface area contributed by atoms with Crippen molar-refractivity contribution in [2.75, 3.05) is 7.05 Å². The van der Waals surface area contributed by atoms with Gasteiger partial charge in [-0.3, -0.25) is 0 Å². The third-order valence-electron chi connectivity index (χ3n) is 4.47. The third kappa shape index (κ3) is 2.69. The lowest BCUT2D eigenvalue weighted by Gasteiger charge is -2.32. The molecular weight excluding hydrogens is 294 g/mol. The lowest BCUT2D eigenvalue weighted by atomic mass is 9.82. The summed E-state index contributed by atoms with van der Waals surface area (Å²) < 4.78 is 26.0. The van der Waals surface area contributed by atoms with Crippen LogP contribution in [0.4, 0.5) is 0 Å². The van der Waals surface area contributed by atoms with Gasteiger partial charge in [-0.1, -0.05) is 42.5 Å². The Morgan fingerprint density at radius 2 is 1.73 bits per heavy atom. The molecule has 2 aromatic carbocycles. The Balaban J connectivity index is 2.03. The Kier molecular flexibility index (Phi) is 4.32. The number of hydrogen-bond acceptors (Lipinski definition) is 3. The Morgan fingerprint density at radius 3 is 2.45 bits per heavy atom. The van der Waals surface area contributed by atoms with E-state index in [-0.39, 0.29) is 5.92 Å². The summed E-state index contributed by atoms with van der Waals surface area (Å²) in [5.74, 6) is 0.000145. The Labute approximate surface area is 132 Å². The monoisotopic (exact) mass is 315 g/mol. The molecule has 0 fully saturated rings. The molecule has 1 N–H and O–H groups in total. The van der Waals surface area contributed by atoms with Crippen LogP contribution in [0.1, 0.15) is 29.9 Å². The molecule has 1 aliphatic carbocycles. The van der Waals surface area contributed by atoms with Crippen molar-refractivity contribution >= 4 is 9.84 Å². The van der Waals surface area contributed by atoms with Gasteiger partial charge in [-0.15, -0.1) is 0 Å². The van der Waals surface area contributed by atoms with Crippen LogP contribution in [0.3, 0.4) is 0 Å². The van der Waals surface area contributed by atoms with Crippen molar-refractivity contribution in [3.05, 3.63) is 65.7 Å². The van der Waals surface area contributed by atoms with Crippen LogP contribution in [0.15, 0.2) is 59.5 Å². The molecular formula is C18H21NO2S. The molecule has 4 heteroatoms. The first kappa shape index (κ1) is 15.3. The summed E-state index contributed by atoms with van der Waals surface area (Å²) in [6.07, 6.45) is 2.97. The third-order valence-corrected chi connectivity index (χ3v) is 6.63. The van der Waals surface area contributed by atoms with Crippen molar-refractivity contribution in [3.63, 3.8) is 0 Å². The minimum Gasteiger partial charge on any atom is -0.303 e. The number of nitrogens with one attached hydrogen (secondary N) is 1. The molecule has 0 amide bonds. The number of aryl methyl sites for hydroxylation is 1. The van der Waals surface area contributed by atoms with E-state index in [0.717, 1.165) is 19.3 Å². The number of benzene rings is 2. The van der Waals surface area contributed by atoms with E-state index in [0.29, 0.717) is 4.90 Å². The second-order valence-electron chi connectivity index (χ2n) is 5.76. The van der Waals surface area contributed by atoms with Crippen molar-refractivity contribution in [1.29, 1.82) is 0 Å². The molecule has 0 spiro atoms. The molecule has 3 nitrogen and oxygen atoms in total. The Bertz CT molecular complexity index is 741. The molecule has 1 aliphatic rings. The zero-order valence-corrected chi connectivity index (χ0v) is 13.5. The first-order valence-corrected chi connectivity index (χ1v) is 9.23. The molecule has 0 heterocycles. The van der Waals surface area contributed by atoms with Gasteiger partial charge in [-0.2, -0.15) is 0 Å². The van der Waals surface area contributed by atoms with Crippen molar-refractivity contribution in [1.82, 2.24) is 5.32 Å². The molecule has 2 atom stereocenters. The topological polar surface area (TPSA) is 46.2 Å². The van der Waals surface area contributed by atoms with Gasteiger partial charge in [0.05, 0.1) is 4.90 Å². The fourth-order valence-corrected chi connectivity index (χ4v) is 5.29. The summed E-state index contributed by atoms with van der Waals surface area (Å²) in [7, 11) is -1.67. The van der Waals surface area contributed by atoms with E-state index < -0.39 is 15.2 Å². The van der Waals surface area contributed by atoms with Crippen LogP contribution in [0.5, 0.6) is 0 Å². The van der Waals surface area contributed by atoms with Crippen LogP contribution >= 0.6 is 0 Å². The van der Waals surface area contributed by atoms with Gasteiger partial charge in [0, 0.05) is 5.92 Å². The molecule has 0 saturated heterocycles. The lowest BCUT2D eigenvalue weighted by Crippen LogP contribution is -2.40. The van der Waals surface area contributed by atoms with E-state index in [9.17, 15) is 8.42 Å². The van der Waals surface area contributed by atoms with E-state index in [2.05, 4.69) is 17.4 Å². The van der Waals surface area contributed by atoms with Crippen molar-refractivity contribution in [2.45, 2.75) is 35.4 Å². The molecule has 0 aromatic heterocycles. The standard InChI is InChI=1S/C18H21NO2S/c1-19-18(22(20,21)15-10-3-2-4-11-15)17-13-7-9-14-8-5-6-12-16(14)17/h2-6,8,10-12,17-19H,7,9,13H2,1H3. The number of sulfone groups is 1. The molecule has 0 radical (unpaired) electrons. The zero-order chi connectivity index (χ0) is 15.6. The summed E-state index contributed by atoms with van der Waals surface area (Å²) in [4.78, 5) is 0.386. The van der Waals surface area contributed by atoms with E-state index in [4.69, 9.17) is 0 Å². The lowest BCUT2D eigenvalue weighted by molar-refractivity contribution is 0.471. The van der Waals surface area contributed by atoms with Gasteiger partial charge in [0.15, 0.2) is 9.84 Å². The summed E-state index contributed by atoms with van der Waals surface area (Å²) in [6.45, 7) is 0. The predicted molar refractivity (Wildman–Crippen MR) is 88.6 cm³/mol. The average Bonchev–Trinajstić information content (AvgIpc) is 2.56. The van der Waals surface area contributed by atoms with Crippen LogP contribution < -0.4 is 5.32 Å². The number of fused-ring (bicyclic) bond motifs is 1. The smallest absolute Gasteiger partial charge is 0.194 e. The highest BCUT2D eigenvalue weighted by Crippen LogP contribution is 2.37. The summed E-state index contributed by atoms with van der Waals surface area (Å²) in [6, 6.07) is 16.9. The SMILES string of the molecule is CNC(C1CCCc2ccccc21)S(=O)(=O)c1ccccc1. The Morgan fingerprint density at radius 1 is 1.05 bits per heavy atom. The second-order valence-corrected chi connectivity index (χ2v) is 7.83. The van der Waals surface area contributed by atoms with E-state index >= 15 is 0 Å². The normalized spacial score (nSPS) is 19.4. The number of hydrogen-bond donors (Lipinski definition) is 1. The maximum Gasteiger partial charge on any atom is 0.194 e. The van der Waals surface area contributed by atoms with Crippen LogP contribution in [0.25, 0.3) is 0 Å². The van der Waals surface area contributed by atoms with Crippen LogP contribution in [-0.2, 0) is 16.3 Å². The van der Waals surface area contributed by atoms with Crippen molar-refractivity contribution < 1.29 is 8.42 Å². The molecule has 116 valence electrons. The van der Waals surface area contributed by atoms with E-state index in [1.165, 1.54) is 11.1 Å². The van der Waals surface area contributed by atoms with E-state index in [1.807, 2.05) is 18.2 Å². The van der Waals surface area contributed by atoms with Crippen molar-refractivity contribution in [2.24, 2.45) is 0 Å². The fraction of sp³-hybridized carbons (Fsp3) is 0.333. The molecule has 2 aromatic rings. The first-order valence-electron chi connectivity index (χ1n) is 7.68. The van der Waals surface area contributed by atoms with Crippen LogP contribution in [0, 0.1) is 0 Å². The van der Waals surface area contributed by atoms with Gasteiger partial charge in [-0.25, -0.2) is 8.42 Å². The van der Waals surface area contributed by atoms with Gasteiger partial charge < -0.3 is 5.32 Å². The highest BCUT2D eigenvalue weighted by Gasteiger charge is 2.36. The second kappa shape index (κ2) is 6.23. The molecule has 0 saturated carbocycles. The van der Waals surface area contributed by atoms with Gasteiger partial charge in [0.25, 0.3) is 0 Å². The van der Waals surface area contributed by atoms with Gasteiger partial charge in [0.1, 0.15) is 5.37 Å². The predicted octanol–water partition coefficient (Wildman–Crippen LogP) is 3.13. The van der Waals surface area contributed by atoms with E-state index in [1.54, 1.807) is 31.3 Å². The molecule has 3 rings (SSSR count).